The van der Waals surface area contributed by atoms with Crippen LogP contribution in [0.2, 0.25) is 5.02 Å². The normalized spacial score (nSPS) is 15.4. The molecule has 0 spiro atoms. The van der Waals surface area contributed by atoms with Crippen LogP contribution in [-0.4, -0.2) is 37.9 Å². The van der Waals surface area contributed by atoms with Crippen molar-refractivity contribution in [1.29, 1.82) is 0 Å². The molecule has 1 aliphatic rings. The average molecular weight is 429 g/mol. The van der Waals surface area contributed by atoms with Gasteiger partial charge in [0.25, 0.3) is 5.91 Å². The van der Waals surface area contributed by atoms with Gasteiger partial charge >= 0.3 is 0 Å². The Morgan fingerprint density at radius 1 is 1.14 bits per heavy atom. The summed E-state index contributed by atoms with van der Waals surface area (Å²) in [7, 11) is -3.82. The lowest BCUT2D eigenvalue weighted by Crippen LogP contribution is -2.47. The lowest BCUT2D eigenvalue weighted by Gasteiger charge is -2.22. The van der Waals surface area contributed by atoms with Gasteiger partial charge in [-0.1, -0.05) is 23.7 Å². The van der Waals surface area contributed by atoms with Crippen LogP contribution in [0, 0.1) is 5.82 Å². The number of phenols is 1. The molecule has 28 heavy (non-hydrogen) atoms. The summed E-state index contributed by atoms with van der Waals surface area (Å²) in [5.41, 5.74) is 2.65. The van der Waals surface area contributed by atoms with E-state index < -0.39 is 32.6 Å². The second-order valence-electron chi connectivity index (χ2n) is 6.28. The topological polar surface area (TPSA) is 105 Å². The highest BCUT2D eigenvalue weighted by Gasteiger charge is 2.28. The van der Waals surface area contributed by atoms with Crippen LogP contribution in [0.15, 0.2) is 36.4 Å². The number of carbonyl (C=O) groups is 1. The van der Waals surface area contributed by atoms with Gasteiger partial charge in [0.15, 0.2) is 5.82 Å². The van der Waals surface area contributed by atoms with Gasteiger partial charge in [0.2, 0.25) is 10.0 Å². The molecule has 1 saturated heterocycles. The van der Waals surface area contributed by atoms with E-state index in [0.717, 1.165) is 0 Å². The highest BCUT2D eigenvalue weighted by Crippen LogP contribution is 2.29. The number of nitrogens with one attached hydrogen (secondary N) is 2. The van der Waals surface area contributed by atoms with Crippen molar-refractivity contribution in [1.82, 2.24) is 10.3 Å². The minimum Gasteiger partial charge on any atom is -0.508 e. The summed E-state index contributed by atoms with van der Waals surface area (Å²) in [6.45, 7) is 0.636. The molecule has 2 aromatic carbocycles. The summed E-state index contributed by atoms with van der Waals surface area (Å²) in [5.74, 6) is -1.89. The van der Waals surface area contributed by atoms with Gasteiger partial charge in [-0.25, -0.2) is 12.8 Å². The molecular formula is C18H18ClFN2O5S. The zero-order chi connectivity index (χ0) is 20.3. The number of benzene rings is 2. The molecule has 2 aromatic rings. The lowest BCUT2D eigenvalue weighted by molar-refractivity contribution is 0.0934. The van der Waals surface area contributed by atoms with Crippen molar-refractivity contribution < 1.29 is 27.4 Å². The Morgan fingerprint density at radius 2 is 1.79 bits per heavy atom. The molecule has 1 aliphatic heterocycles. The molecule has 0 atom stereocenters. The third-order valence-corrected chi connectivity index (χ3v) is 6.40. The fourth-order valence-electron chi connectivity index (χ4n) is 2.83. The molecule has 0 radical (unpaired) electrons. The first-order valence-corrected chi connectivity index (χ1v) is 10.4. The SMILES string of the molecule is O=C(NNS(=O)(=O)C1CCOCC1)c1cc(-c2ccc(O)cc2)cc(Cl)c1F. The van der Waals surface area contributed by atoms with Crippen LogP contribution in [0.5, 0.6) is 5.75 Å². The molecule has 7 nitrogen and oxygen atoms in total. The highest BCUT2D eigenvalue weighted by molar-refractivity contribution is 7.90. The van der Waals surface area contributed by atoms with Gasteiger partial charge in [0.1, 0.15) is 5.75 Å². The molecule has 0 saturated carbocycles. The second kappa shape index (κ2) is 8.44. The number of amides is 1. The molecule has 0 aliphatic carbocycles. The number of hydrazine groups is 1. The van der Waals surface area contributed by atoms with Gasteiger partial charge in [0.05, 0.1) is 15.8 Å². The minimum atomic E-state index is -3.82. The summed E-state index contributed by atoms with van der Waals surface area (Å²) in [6, 6.07) is 8.63. The second-order valence-corrected chi connectivity index (χ2v) is 8.65. The van der Waals surface area contributed by atoms with Crippen molar-refractivity contribution in [2.45, 2.75) is 18.1 Å². The van der Waals surface area contributed by atoms with Crippen LogP contribution < -0.4 is 10.3 Å². The summed E-state index contributed by atoms with van der Waals surface area (Å²) < 4.78 is 44.0. The van der Waals surface area contributed by atoms with Crippen molar-refractivity contribution >= 4 is 27.5 Å². The minimum absolute atomic E-state index is 0.0532. The molecule has 0 bridgehead atoms. The number of halogens is 2. The Labute approximate surface area is 166 Å². The van der Waals surface area contributed by atoms with E-state index in [-0.39, 0.29) is 10.8 Å². The number of rotatable bonds is 5. The number of aromatic hydroxyl groups is 1. The van der Waals surface area contributed by atoms with Crippen molar-refractivity contribution in [2.24, 2.45) is 0 Å². The Bertz CT molecular complexity index is 976. The van der Waals surface area contributed by atoms with Gasteiger partial charge in [-0.15, -0.1) is 4.83 Å². The Hall–Kier alpha value is -2.20. The first-order chi connectivity index (χ1) is 13.3. The summed E-state index contributed by atoms with van der Waals surface area (Å²) >= 11 is 5.90. The predicted octanol–water partition coefficient (Wildman–Crippen LogP) is 2.59. The zero-order valence-corrected chi connectivity index (χ0v) is 16.2. The lowest BCUT2D eigenvalue weighted by atomic mass is 10.0. The van der Waals surface area contributed by atoms with Gasteiger partial charge in [-0.3, -0.25) is 10.2 Å². The van der Waals surface area contributed by atoms with Crippen molar-refractivity contribution in [2.75, 3.05) is 13.2 Å². The Kier molecular flexibility index (Phi) is 6.19. The molecule has 1 amide bonds. The van der Waals surface area contributed by atoms with Gasteiger partial charge in [0, 0.05) is 13.2 Å². The number of sulfonamides is 1. The summed E-state index contributed by atoms with van der Waals surface area (Å²) in [5, 5.41) is 8.39. The first-order valence-electron chi connectivity index (χ1n) is 8.45. The largest absolute Gasteiger partial charge is 0.508 e. The first kappa shape index (κ1) is 20.5. The fraction of sp³-hybridized carbons (Fsp3) is 0.278. The Balaban J connectivity index is 1.80. The number of carbonyl (C=O) groups excluding carboxylic acids is 1. The maximum atomic E-state index is 14.4. The van der Waals surface area contributed by atoms with E-state index in [9.17, 15) is 22.7 Å². The quantitative estimate of drug-likeness (QED) is 0.635. The van der Waals surface area contributed by atoms with Crippen LogP contribution in [0.3, 0.4) is 0 Å². The fourth-order valence-corrected chi connectivity index (χ4v) is 4.26. The summed E-state index contributed by atoms with van der Waals surface area (Å²) in [6.07, 6.45) is 0.615. The maximum Gasteiger partial charge on any atom is 0.269 e. The average Bonchev–Trinajstić information content (AvgIpc) is 2.69. The van der Waals surface area contributed by atoms with Crippen LogP contribution in [0.4, 0.5) is 4.39 Å². The number of ether oxygens (including phenoxy) is 1. The standard InChI is InChI=1S/C18H18ClFN2O5S/c19-16-10-12(11-1-3-13(23)4-2-11)9-15(17(16)20)18(24)21-22-28(25,26)14-5-7-27-8-6-14/h1-4,9-10,14,22-23H,5-8H2,(H,21,24). The maximum absolute atomic E-state index is 14.4. The van der Waals surface area contributed by atoms with E-state index >= 15 is 0 Å². The molecule has 1 fully saturated rings. The molecule has 3 N–H and O–H groups in total. The molecule has 1 heterocycles. The highest BCUT2D eigenvalue weighted by atomic mass is 35.5. The van der Waals surface area contributed by atoms with Gasteiger partial charge in [-0.2, -0.15) is 0 Å². The van der Waals surface area contributed by atoms with E-state index in [1.165, 1.54) is 24.3 Å². The van der Waals surface area contributed by atoms with Crippen molar-refractivity contribution in [3.8, 4) is 16.9 Å². The number of hydrogen-bond donors (Lipinski definition) is 3. The van der Waals surface area contributed by atoms with Crippen LogP contribution in [0.25, 0.3) is 11.1 Å². The third-order valence-electron chi connectivity index (χ3n) is 4.39. The van der Waals surface area contributed by atoms with Crippen molar-refractivity contribution in [3.05, 3.63) is 52.8 Å². The number of phenolic OH excluding ortho intramolecular Hbond substituents is 1. The predicted molar refractivity (Wildman–Crippen MR) is 102 cm³/mol. The molecule has 150 valence electrons. The number of hydrogen-bond acceptors (Lipinski definition) is 5. The van der Waals surface area contributed by atoms with E-state index in [2.05, 4.69) is 0 Å². The van der Waals surface area contributed by atoms with Crippen LogP contribution >= 0.6 is 11.6 Å². The van der Waals surface area contributed by atoms with Gasteiger partial charge < -0.3 is 9.84 Å². The summed E-state index contributed by atoms with van der Waals surface area (Å²) in [4.78, 5) is 14.4. The van der Waals surface area contributed by atoms with Crippen LogP contribution in [-0.2, 0) is 14.8 Å². The zero-order valence-electron chi connectivity index (χ0n) is 14.6. The monoisotopic (exact) mass is 428 g/mol. The Morgan fingerprint density at radius 3 is 2.43 bits per heavy atom. The van der Waals surface area contributed by atoms with E-state index in [0.29, 0.717) is 37.2 Å². The molecule has 3 rings (SSSR count). The van der Waals surface area contributed by atoms with Crippen LogP contribution in [0.1, 0.15) is 23.2 Å². The smallest absolute Gasteiger partial charge is 0.269 e. The van der Waals surface area contributed by atoms with E-state index in [1.54, 1.807) is 12.1 Å². The molecule has 10 heteroatoms. The third kappa shape index (κ3) is 4.61. The molecule has 0 unspecified atom stereocenters. The van der Waals surface area contributed by atoms with Gasteiger partial charge in [-0.05, 0) is 48.2 Å². The molecule has 0 aromatic heterocycles. The van der Waals surface area contributed by atoms with Crippen molar-refractivity contribution in [3.63, 3.8) is 0 Å². The van der Waals surface area contributed by atoms with E-state index in [4.69, 9.17) is 16.3 Å². The van der Waals surface area contributed by atoms with E-state index in [1.807, 2.05) is 10.3 Å². The molecular weight excluding hydrogens is 411 g/mol.